The first-order valence-corrected chi connectivity index (χ1v) is 6.38. The van der Waals surface area contributed by atoms with Crippen molar-refractivity contribution in [3.05, 3.63) is 41.5 Å². The van der Waals surface area contributed by atoms with Crippen LogP contribution in [0.1, 0.15) is 24.0 Å². The molecule has 3 nitrogen and oxygen atoms in total. The van der Waals surface area contributed by atoms with Gasteiger partial charge in [0.25, 0.3) is 0 Å². The molecule has 1 aromatic carbocycles. The molecular formula is C15H19NO2. The highest BCUT2D eigenvalue weighted by Crippen LogP contribution is 2.10. The highest BCUT2D eigenvalue weighted by Gasteiger charge is 2.15. The minimum Gasteiger partial charge on any atom is -0.376 e. The molecule has 0 aromatic heterocycles. The number of benzene rings is 1. The van der Waals surface area contributed by atoms with E-state index in [1.165, 1.54) is 5.56 Å². The van der Waals surface area contributed by atoms with Crippen LogP contribution in [0.3, 0.4) is 0 Å². The second-order valence-electron chi connectivity index (χ2n) is 4.62. The van der Waals surface area contributed by atoms with Gasteiger partial charge >= 0.3 is 0 Å². The highest BCUT2D eigenvalue weighted by molar-refractivity contribution is 5.91. The number of carbonyl (C=O) groups excluding carboxylic acids is 1. The Morgan fingerprint density at radius 3 is 2.89 bits per heavy atom. The van der Waals surface area contributed by atoms with E-state index in [-0.39, 0.29) is 12.0 Å². The number of ether oxygens (including phenoxy) is 1. The maximum atomic E-state index is 11.6. The van der Waals surface area contributed by atoms with Gasteiger partial charge in [-0.05, 0) is 31.4 Å². The van der Waals surface area contributed by atoms with Gasteiger partial charge in [-0.3, -0.25) is 4.79 Å². The van der Waals surface area contributed by atoms with Crippen molar-refractivity contribution in [2.75, 3.05) is 13.2 Å². The normalized spacial score (nSPS) is 19.3. The molecule has 1 N–H and O–H groups in total. The molecule has 0 saturated carbocycles. The quantitative estimate of drug-likeness (QED) is 0.827. The first-order valence-electron chi connectivity index (χ1n) is 6.38. The Morgan fingerprint density at radius 1 is 1.44 bits per heavy atom. The van der Waals surface area contributed by atoms with Gasteiger partial charge in [0.1, 0.15) is 0 Å². The lowest BCUT2D eigenvalue weighted by atomic mass is 10.1. The molecule has 1 aliphatic heterocycles. The number of amides is 1. The van der Waals surface area contributed by atoms with Gasteiger partial charge < -0.3 is 10.1 Å². The molecule has 1 fully saturated rings. The summed E-state index contributed by atoms with van der Waals surface area (Å²) in [5.41, 5.74) is 2.25. The zero-order valence-corrected chi connectivity index (χ0v) is 10.7. The van der Waals surface area contributed by atoms with E-state index in [0.29, 0.717) is 6.54 Å². The van der Waals surface area contributed by atoms with Gasteiger partial charge in [-0.25, -0.2) is 0 Å². The van der Waals surface area contributed by atoms with Gasteiger partial charge in [0.2, 0.25) is 5.91 Å². The third kappa shape index (κ3) is 4.00. The van der Waals surface area contributed by atoms with E-state index >= 15 is 0 Å². The van der Waals surface area contributed by atoms with Crippen LogP contribution in [-0.2, 0) is 9.53 Å². The van der Waals surface area contributed by atoms with Crippen molar-refractivity contribution in [1.29, 1.82) is 0 Å². The molecule has 96 valence electrons. The lowest BCUT2D eigenvalue weighted by Crippen LogP contribution is -2.30. The molecule has 0 radical (unpaired) electrons. The second kappa shape index (κ2) is 6.36. The van der Waals surface area contributed by atoms with Gasteiger partial charge in [0.05, 0.1) is 6.10 Å². The molecule has 18 heavy (non-hydrogen) atoms. The first kappa shape index (κ1) is 12.8. The third-order valence-corrected chi connectivity index (χ3v) is 3.03. The summed E-state index contributed by atoms with van der Waals surface area (Å²) < 4.78 is 5.44. The van der Waals surface area contributed by atoms with Crippen LogP contribution in [0, 0.1) is 6.92 Å². The number of carbonyl (C=O) groups is 1. The fourth-order valence-corrected chi connectivity index (χ4v) is 1.93. The average Bonchev–Trinajstić information content (AvgIpc) is 2.89. The monoisotopic (exact) mass is 245 g/mol. The Kier molecular flexibility index (Phi) is 4.53. The lowest BCUT2D eigenvalue weighted by molar-refractivity contribution is -0.116. The minimum atomic E-state index is -0.0638. The van der Waals surface area contributed by atoms with Crippen molar-refractivity contribution in [2.45, 2.75) is 25.9 Å². The van der Waals surface area contributed by atoms with E-state index < -0.39 is 0 Å². The summed E-state index contributed by atoms with van der Waals surface area (Å²) in [4.78, 5) is 11.6. The van der Waals surface area contributed by atoms with Crippen LogP contribution in [-0.4, -0.2) is 25.2 Å². The summed E-state index contributed by atoms with van der Waals surface area (Å²) in [6, 6.07) is 8.06. The molecule has 0 aliphatic carbocycles. The molecule has 1 saturated heterocycles. The van der Waals surface area contributed by atoms with E-state index in [1.54, 1.807) is 6.08 Å². The molecule has 0 bridgehead atoms. The fraction of sp³-hybridized carbons (Fsp3) is 0.400. The molecule has 2 rings (SSSR count). The SMILES string of the molecule is Cc1ccc(/C=C/C(=O)NC[C@H]2CCCO2)cc1. The van der Waals surface area contributed by atoms with Crippen molar-refractivity contribution in [2.24, 2.45) is 0 Å². The second-order valence-corrected chi connectivity index (χ2v) is 4.62. The molecule has 1 heterocycles. The summed E-state index contributed by atoms with van der Waals surface area (Å²) in [5.74, 6) is -0.0638. The molecule has 1 aliphatic rings. The molecule has 1 aromatic rings. The number of aryl methyl sites for hydroxylation is 1. The number of nitrogens with one attached hydrogen (secondary N) is 1. The molecule has 1 atom stereocenters. The first-order chi connectivity index (χ1) is 8.74. The summed E-state index contributed by atoms with van der Waals surface area (Å²) in [5, 5.41) is 2.86. The average molecular weight is 245 g/mol. The van der Waals surface area contributed by atoms with Crippen LogP contribution in [0.2, 0.25) is 0 Å². The van der Waals surface area contributed by atoms with Gasteiger partial charge in [-0.15, -0.1) is 0 Å². The fourth-order valence-electron chi connectivity index (χ4n) is 1.93. The zero-order valence-electron chi connectivity index (χ0n) is 10.7. The van der Waals surface area contributed by atoms with Gasteiger partial charge in [0, 0.05) is 19.2 Å². The maximum absolute atomic E-state index is 11.6. The van der Waals surface area contributed by atoms with Crippen LogP contribution in [0.5, 0.6) is 0 Å². The highest BCUT2D eigenvalue weighted by atomic mass is 16.5. The van der Waals surface area contributed by atoms with Crippen LogP contribution in [0.15, 0.2) is 30.3 Å². The Bertz CT molecular complexity index is 417. The standard InChI is InChI=1S/C15H19NO2/c1-12-4-6-13(7-5-12)8-9-15(17)16-11-14-3-2-10-18-14/h4-9,14H,2-3,10-11H2,1H3,(H,16,17)/b9-8+/t14-/m1/s1. The van der Waals surface area contributed by atoms with Crippen LogP contribution < -0.4 is 5.32 Å². The number of rotatable bonds is 4. The van der Waals surface area contributed by atoms with Crippen LogP contribution in [0.25, 0.3) is 6.08 Å². The summed E-state index contributed by atoms with van der Waals surface area (Å²) in [6.07, 6.45) is 5.73. The summed E-state index contributed by atoms with van der Waals surface area (Å²) >= 11 is 0. The lowest BCUT2D eigenvalue weighted by Gasteiger charge is -2.08. The summed E-state index contributed by atoms with van der Waals surface area (Å²) in [7, 11) is 0. The number of hydrogen-bond donors (Lipinski definition) is 1. The molecule has 3 heteroatoms. The van der Waals surface area contributed by atoms with Gasteiger partial charge in [0.15, 0.2) is 0 Å². The Labute approximate surface area is 108 Å². The topological polar surface area (TPSA) is 38.3 Å². The Balaban J connectivity index is 1.77. The van der Waals surface area contributed by atoms with Gasteiger partial charge in [-0.2, -0.15) is 0 Å². The smallest absolute Gasteiger partial charge is 0.244 e. The van der Waals surface area contributed by atoms with E-state index in [2.05, 4.69) is 5.32 Å². The van der Waals surface area contributed by atoms with E-state index in [9.17, 15) is 4.79 Å². The van der Waals surface area contributed by atoms with Crippen LogP contribution >= 0.6 is 0 Å². The summed E-state index contributed by atoms with van der Waals surface area (Å²) in [6.45, 7) is 3.47. The molecule has 1 amide bonds. The van der Waals surface area contributed by atoms with E-state index in [0.717, 1.165) is 25.0 Å². The van der Waals surface area contributed by atoms with E-state index in [1.807, 2.05) is 37.3 Å². The molecular weight excluding hydrogens is 226 g/mol. The zero-order chi connectivity index (χ0) is 12.8. The van der Waals surface area contributed by atoms with Gasteiger partial charge in [-0.1, -0.05) is 29.8 Å². The Morgan fingerprint density at radius 2 is 2.22 bits per heavy atom. The van der Waals surface area contributed by atoms with E-state index in [4.69, 9.17) is 4.74 Å². The minimum absolute atomic E-state index is 0.0638. The van der Waals surface area contributed by atoms with Crippen molar-refractivity contribution in [1.82, 2.24) is 5.32 Å². The number of hydrogen-bond acceptors (Lipinski definition) is 2. The predicted molar refractivity (Wildman–Crippen MR) is 72.2 cm³/mol. The third-order valence-electron chi connectivity index (χ3n) is 3.03. The van der Waals surface area contributed by atoms with Crippen molar-refractivity contribution in [3.8, 4) is 0 Å². The predicted octanol–water partition coefficient (Wildman–Crippen LogP) is 2.30. The van der Waals surface area contributed by atoms with Crippen molar-refractivity contribution in [3.63, 3.8) is 0 Å². The molecule has 0 spiro atoms. The van der Waals surface area contributed by atoms with Crippen molar-refractivity contribution < 1.29 is 9.53 Å². The van der Waals surface area contributed by atoms with Crippen LogP contribution in [0.4, 0.5) is 0 Å². The largest absolute Gasteiger partial charge is 0.376 e. The maximum Gasteiger partial charge on any atom is 0.244 e. The molecule has 0 unspecified atom stereocenters. The Hall–Kier alpha value is -1.61. The van der Waals surface area contributed by atoms with Crippen molar-refractivity contribution >= 4 is 12.0 Å².